The molecule has 0 spiro atoms. The molecule has 1 amide bonds. The Labute approximate surface area is 154 Å². The maximum atomic E-state index is 13.9. The van der Waals surface area contributed by atoms with Crippen LogP contribution in [0.3, 0.4) is 0 Å². The molecule has 1 aliphatic rings. The van der Waals surface area contributed by atoms with Gasteiger partial charge < -0.3 is 20.9 Å². The van der Waals surface area contributed by atoms with E-state index < -0.39 is 0 Å². The van der Waals surface area contributed by atoms with Crippen molar-refractivity contribution in [2.45, 2.75) is 45.7 Å². The average molecular weight is 364 g/mol. The lowest BCUT2D eigenvalue weighted by atomic mass is 10.3. The second-order valence-corrected chi connectivity index (χ2v) is 6.62. The average Bonchev–Trinajstić information content (AvgIpc) is 3.03. The first kappa shape index (κ1) is 19.9. The molecular weight excluding hydrogens is 335 g/mol. The van der Waals surface area contributed by atoms with Gasteiger partial charge in [-0.25, -0.2) is 9.37 Å². The molecule has 1 aromatic heterocycles. The summed E-state index contributed by atoms with van der Waals surface area (Å²) in [4.78, 5) is 22.2. The second kappa shape index (κ2) is 9.94. The summed E-state index contributed by atoms with van der Waals surface area (Å²) in [5.41, 5.74) is 0. The van der Waals surface area contributed by atoms with Crippen molar-refractivity contribution in [2.75, 3.05) is 31.1 Å². The number of nitrogens with zero attached hydrogens (tertiary/aromatic N) is 3. The molecule has 1 saturated heterocycles. The number of rotatable bonds is 7. The highest BCUT2D eigenvalue weighted by molar-refractivity contribution is 5.81. The van der Waals surface area contributed by atoms with Crippen molar-refractivity contribution in [3.8, 4) is 0 Å². The minimum Gasteiger partial charge on any atom is -0.357 e. The lowest BCUT2D eigenvalue weighted by molar-refractivity contribution is -0.121. The molecule has 2 heterocycles. The van der Waals surface area contributed by atoms with Crippen molar-refractivity contribution in [2.24, 2.45) is 4.99 Å². The van der Waals surface area contributed by atoms with E-state index >= 15 is 0 Å². The fourth-order valence-electron chi connectivity index (χ4n) is 2.86. The number of hydrogen-bond donors (Lipinski definition) is 3. The standard InChI is InChI=1S/C18H29FN6O/c1-4-20-18(22-10-7-16(26)23-13(2)3)24-14-8-11-25(12-14)17-15(19)6-5-9-21-17/h5-6,9,13-14H,4,7-8,10-12H2,1-3H3,(H,23,26)(H2,20,22,24). The number of carbonyl (C=O) groups is 1. The molecule has 1 atom stereocenters. The van der Waals surface area contributed by atoms with E-state index in [-0.39, 0.29) is 23.8 Å². The number of halogens is 1. The Balaban J connectivity index is 1.86. The summed E-state index contributed by atoms with van der Waals surface area (Å²) in [5, 5.41) is 9.41. The van der Waals surface area contributed by atoms with E-state index in [0.29, 0.717) is 31.3 Å². The summed E-state index contributed by atoms with van der Waals surface area (Å²) in [6.07, 6.45) is 2.83. The first-order valence-corrected chi connectivity index (χ1v) is 9.19. The van der Waals surface area contributed by atoms with Crippen molar-refractivity contribution in [3.05, 3.63) is 24.1 Å². The first-order chi connectivity index (χ1) is 12.5. The topological polar surface area (TPSA) is 81.6 Å². The molecule has 2 rings (SSSR count). The Morgan fingerprint density at radius 3 is 3.00 bits per heavy atom. The first-order valence-electron chi connectivity index (χ1n) is 9.19. The summed E-state index contributed by atoms with van der Waals surface area (Å²) in [6.45, 7) is 8.40. The van der Waals surface area contributed by atoms with Crippen LogP contribution in [0, 0.1) is 5.82 Å². The summed E-state index contributed by atoms with van der Waals surface area (Å²) in [7, 11) is 0. The van der Waals surface area contributed by atoms with Gasteiger partial charge >= 0.3 is 0 Å². The Morgan fingerprint density at radius 2 is 2.31 bits per heavy atom. The molecule has 0 radical (unpaired) electrons. The summed E-state index contributed by atoms with van der Waals surface area (Å²) >= 11 is 0. The fraction of sp³-hybridized carbons (Fsp3) is 0.611. The lowest BCUT2D eigenvalue weighted by Gasteiger charge is -2.20. The van der Waals surface area contributed by atoms with E-state index in [1.165, 1.54) is 6.07 Å². The largest absolute Gasteiger partial charge is 0.357 e. The predicted octanol–water partition coefficient (Wildman–Crippen LogP) is 1.27. The van der Waals surface area contributed by atoms with Crippen LogP contribution in [0.2, 0.25) is 0 Å². The quantitative estimate of drug-likeness (QED) is 0.501. The highest BCUT2D eigenvalue weighted by Gasteiger charge is 2.25. The number of pyridine rings is 1. The number of guanidine groups is 1. The maximum Gasteiger partial charge on any atom is 0.222 e. The molecule has 0 aromatic carbocycles. The van der Waals surface area contributed by atoms with Crippen molar-refractivity contribution in [1.82, 2.24) is 20.9 Å². The van der Waals surface area contributed by atoms with E-state index in [4.69, 9.17) is 0 Å². The van der Waals surface area contributed by atoms with Gasteiger partial charge in [-0.1, -0.05) is 0 Å². The van der Waals surface area contributed by atoms with Crippen molar-refractivity contribution in [3.63, 3.8) is 0 Å². The zero-order valence-corrected chi connectivity index (χ0v) is 15.8. The Kier molecular flexibility index (Phi) is 7.62. The molecule has 144 valence electrons. The fourth-order valence-corrected chi connectivity index (χ4v) is 2.86. The molecule has 7 nitrogen and oxygen atoms in total. The van der Waals surface area contributed by atoms with Gasteiger partial charge in [0.15, 0.2) is 17.6 Å². The van der Waals surface area contributed by atoms with E-state index in [1.54, 1.807) is 12.3 Å². The monoisotopic (exact) mass is 364 g/mol. The van der Waals surface area contributed by atoms with Crippen molar-refractivity contribution >= 4 is 17.7 Å². The highest BCUT2D eigenvalue weighted by atomic mass is 19.1. The van der Waals surface area contributed by atoms with Gasteiger partial charge in [-0.3, -0.25) is 9.79 Å². The van der Waals surface area contributed by atoms with Crippen LogP contribution in [0.15, 0.2) is 23.3 Å². The van der Waals surface area contributed by atoms with Gasteiger partial charge in [-0.15, -0.1) is 0 Å². The van der Waals surface area contributed by atoms with Crippen LogP contribution in [0.5, 0.6) is 0 Å². The van der Waals surface area contributed by atoms with Crippen LogP contribution in [-0.4, -0.2) is 55.1 Å². The van der Waals surface area contributed by atoms with Crippen LogP contribution in [0.1, 0.15) is 33.6 Å². The zero-order valence-electron chi connectivity index (χ0n) is 15.8. The van der Waals surface area contributed by atoms with E-state index in [2.05, 4.69) is 25.9 Å². The third kappa shape index (κ3) is 6.16. The normalized spacial score (nSPS) is 17.5. The Hall–Kier alpha value is -2.38. The van der Waals surface area contributed by atoms with Gasteiger partial charge in [0.2, 0.25) is 5.91 Å². The summed E-state index contributed by atoms with van der Waals surface area (Å²) < 4.78 is 13.9. The highest BCUT2D eigenvalue weighted by Crippen LogP contribution is 2.20. The molecular formula is C18H29FN6O. The number of amides is 1. The number of aromatic nitrogens is 1. The van der Waals surface area contributed by atoms with Crippen molar-refractivity contribution in [1.29, 1.82) is 0 Å². The number of nitrogens with one attached hydrogen (secondary N) is 3. The van der Waals surface area contributed by atoms with Crippen LogP contribution >= 0.6 is 0 Å². The third-order valence-corrected chi connectivity index (χ3v) is 3.97. The zero-order chi connectivity index (χ0) is 18.9. The lowest BCUT2D eigenvalue weighted by Crippen LogP contribution is -2.45. The number of aliphatic imine (C=N–C) groups is 1. The van der Waals surface area contributed by atoms with Gasteiger partial charge in [0, 0.05) is 44.3 Å². The molecule has 8 heteroatoms. The summed E-state index contributed by atoms with van der Waals surface area (Å²) in [5.74, 6) is 0.768. The van der Waals surface area contributed by atoms with Gasteiger partial charge in [0.1, 0.15) is 0 Å². The SMILES string of the molecule is CCNC(=NCCC(=O)NC(C)C)NC1CCN(c2ncccc2F)C1. The molecule has 1 aliphatic heterocycles. The maximum absolute atomic E-state index is 13.9. The van der Waals surface area contributed by atoms with Gasteiger partial charge in [0.25, 0.3) is 0 Å². The van der Waals surface area contributed by atoms with Gasteiger partial charge in [-0.05, 0) is 39.3 Å². The minimum atomic E-state index is -0.301. The molecule has 3 N–H and O–H groups in total. The number of hydrogen-bond acceptors (Lipinski definition) is 4. The van der Waals surface area contributed by atoms with Gasteiger partial charge in [0.05, 0.1) is 6.54 Å². The minimum absolute atomic E-state index is 0.00253. The van der Waals surface area contributed by atoms with Crippen LogP contribution in [0.25, 0.3) is 0 Å². The molecule has 0 aliphatic carbocycles. The predicted molar refractivity (Wildman–Crippen MR) is 102 cm³/mol. The van der Waals surface area contributed by atoms with E-state index in [1.807, 2.05) is 25.7 Å². The molecule has 1 unspecified atom stereocenters. The number of anilines is 1. The second-order valence-electron chi connectivity index (χ2n) is 6.62. The molecule has 0 bridgehead atoms. The molecule has 0 saturated carbocycles. The molecule has 1 aromatic rings. The number of carbonyl (C=O) groups excluding carboxylic acids is 1. The Bertz CT molecular complexity index is 621. The smallest absolute Gasteiger partial charge is 0.222 e. The molecule has 1 fully saturated rings. The van der Waals surface area contributed by atoms with Crippen LogP contribution in [0.4, 0.5) is 10.2 Å². The van der Waals surface area contributed by atoms with E-state index in [0.717, 1.165) is 19.5 Å². The summed E-state index contributed by atoms with van der Waals surface area (Å²) in [6, 6.07) is 3.31. The van der Waals surface area contributed by atoms with Crippen molar-refractivity contribution < 1.29 is 9.18 Å². The molecule has 26 heavy (non-hydrogen) atoms. The van der Waals surface area contributed by atoms with Crippen LogP contribution < -0.4 is 20.9 Å². The van der Waals surface area contributed by atoms with Gasteiger partial charge in [-0.2, -0.15) is 0 Å². The third-order valence-electron chi connectivity index (χ3n) is 3.97. The van der Waals surface area contributed by atoms with Crippen LogP contribution in [-0.2, 0) is 4.79 Å². The Morgan fingerprint density at radius 1 is 1.50 bits per heavy atom. The van der Waals surface area contributed by atoms with E-state index in [9.17, 15) is 9.18 Å².